The maximum absolute atomic E-state index is 13.5. The Balaban J connectivity index is 1.38. The van der Waals surface area contributed by atoms with Gasteiger partial charge in [0.15, 0.2) is 5.76 Å². The van der Waals surface area contributed by atoms with Gasteiger partial charge in [-0.15, -0.1) is 0 Å². The number of furan rings is 1. The van der Waals surface area contributed by atoms with Crippen molar-refractivity contribution in [2.75, 3.05) is 20.1 Å². The Morgan fingerprint density at radius 1 is 1.05 bits per heavy atom. The van der Waals surface area contributed by atoms with Crippen LogP contribution in [-0.2, 0) is 11.3 Å². The molecule has 2 amide bonds. The number of nitrogens with zero attached hydrogens (tertiary/aromatic N) is 4. The van der Waals surface area contributed by atoms with Gasteiger partial charge < -0.3 is 14.2 Å². The minimum absolute atomic E-state index is 0.0374. The number of carbonyl (C=O) groups is 2. The van der Waals surface area contributed by atoms with E-state index in [4.69, 9.17) is 9.52 Å². The third-order valence-electron chi connectivity index (χ3n) is 7.16. The molecule has 4 aromatic rings. The largest absolute Gasteiger partial charge is 0.459 e. The fraction of sp³-hybridized carbons (Fsp3) is 0.300. The number of para-hydroxylation sites is 1. The molecule has 0 saturated carbocycles. The zero-order valence-electron chi connectivity index (χ0n) is 21.6. The molecule has 0 bridgehead atoms. The zero-order valence-corrected chi connectivity index (χ0v) is 21.6. The standard InChI is InChI=1S/C30H32N4O3/c1-21-13-14-23(17-22(21)2)28-25(20-34(31-28)26-10-5-4-6-11-26)18-32(3)29(35)24-9-7-15-33(19-24)30(36)27-12-8-16-37-27/h4-6,8,10-14,16-17,20,24H,7,9,15,18-19H2,1-3H3. The molecule has 0 spiro atoms. The van der Waals surface area contributed by atoms with Crippen LogP contribution in [0.3, 0.4) is 0 Å². The number of amides is 2. The van der Waals surface area contributed by atoms with Gasteiger partial charge in [-0.1, -0.05) is 30.3 Å². The van der Waals surface area contributed by atoms with E-state index in [0.29, 0.717) is 25.4 Å². The van der Waals surface area contributed by atoms with Crippen molar-refractivity contribution in [3.05, 3.63) is 95.6 Å². The number of piperidine rings is 1. The topological polar surface area (TPSA) is 71.6 Å². The van der Waals surface area contributed by atoms with Crippen LogP contribution in [0.25, 0.3) is 16.9 Å². The highest BCUT2D eigenvalue weighted by Crippen LogP contribution is 2.28. The van der Waals surface area contributed by atoms with Gasteiger partial charge in [-0.3, -0.25) is 9.59 Å². The monoisotopic (exact) mass is 496 g/mol. The summed E-state index contributed by atoms with van der Waals surface area (Å²) in [5.74, 6) is -0.0542. The second kappa shape index (κ2) is 10.5. The van der Waals surface area contributed by atoms with Crippen LogP contribution in [0.2, 0.25) is 0 Å². The zero-order chi connectivity index (χ0) is 25.9. The molecule has 1 fully saturated rings. The molecular formula is C30H32N4O3. The molecule has 1 aliphatic rings. The first-order valence-corrected chi connectivity index (χ1v) is 12.7. The quantitative estimate of drug-likeness (QED) is 0.365. The number of hydrogen-bond acceptors (Lipinski definition) is 4. The third kappa shape index (κ3) is 5.21. The maximum atomic E-state index is 13.5. The predicted molar refractivity (Wildman–Crippen MR) is 142 cm³/mol. The van der Waals surface area contributed by atoms with Crippen molar-refractivity contribution in [3.8, 4) is 16.9 Å². The van der Waals surface area contributed by atoms with Gasteiger partial charge in [-0.25, -0.2) is 4.68 Å². The highest BCUT2D eigenvalue weighted by atomic mass is 16.3. The van der Waals surface area contributed by atoms with Crippen molar-refractivity contribution in [2.24, 2.45) is 5.92 Å². The summed E-state index contributed by atoms with van der Waals surface area (Å²) in [6, 6.07) is 19.7. The summed E-state index contributed by atoms with van der Waals surface area (Å²) < 4.78 is 7.16. The molecule has 7 heteroatoms. The molecule has 2 aromatic heterocycles. The van der Waals surface area contributed by atoms with E-state index in [0.717, 1.165) is 35.3 Å². The van der Waals surface area contributed by atoms with Gasteiger partial charge in [0, 0.05) is 44.0 Å². The van der Waals surface area contributed by atoms with E-state index in [-0.39, 0.29) is 17.7 Å². The van der Waals surface area contributed by atoms with E-state index in [1.165, 1.54) is 17.4 Å². The summed E-state index contributed by atoms with van der Waals surface area (Å²) >= 11 is 0. The molecule has 1 saturated heterocycles. The van der Waals surface area contributed by atoms with Crippen molar-refractivity contribution in [2.45, 2.75) is 33.2 Å². The second-order valence-electron chi connectivity index (χ2n) is 9.84. The molecule has 7 nitrogen and oxygen atoms in total. The van der Waals surface area contributed by atoms with E-state index in [9.17, 15) is 9.59 Å². The first-order chi connectivity index (χ1) is 17.9. The number of benzene rings is 2. The smallest absolute Gasteiger partial charge is 0.289 e. The fourth-order valence-electron chi connectivity index (χ4n) is 4.93. The molecule has 3 heterocycles. The number of likely N-dealkylation sites (tertiary alicyclic amines) is 1. The lowest BCUT2D eigenvalue weighted by molar-refractivity contribution is -0.136. The lowest BCUT2D eigenvalue weighted by Crippen LogP contribution is -2.45. The van der Waals surface area contributed by atoms with Crippen LogP contribution in [0.4, 0.5) is 0 Å². The lowest BCUT2D eigenvalue weighted by Gasteiger charge is -2.33. The normalized spacial score (nSPS) is 15.5. The predicted octanol–water partition coefficient (Wildman–Crippen LogP) is 5.26. The summed E-state index contributed by atoms with van der Waals surface area (Å²) in [7, 11) is 1.83. The summed E-state index contributed by atoms with van der Waals surface area (Å²) in [6.07, 6.45) is 5.06. The van der Waals surface area contributed by atoms with Crippen molar-refractivity contribution in [1.82, 2.24) is 19.6 Å². The summed E-state index contributed by atoms with van der Waals surface area (Å²) in [6.45, 7) is 5.65. The van der Waals surface area contributed by atoms with E-state index in [1.807, 2.05) is 48.3 Å². The van der Waals surface area contributed by atoms with Crippen molar-refractivity contribution in [3.63, 3.8) is 0 Å². The average molecular weight is 497 g/mol. The van der Waals surface area contributed by atoms with E-state index < -0.39 is 0 Å². The molecule has 37 heavy (non-hydrogen) atoms. The van der Waals surface area contributed by atoms with Gasteiger partial charge in [0.2, 0.25) is 5.91 Å². The van der Waals surface area contributed by atoms with Gasteiger partial charge in [-0.05, 0) is 68.1 Å². The second-order valence-corrected chi connectivity index (χ2v) is 9.84. The van der Waals surface area contributed by atoms with Gasteiger partial charge in [0.05, 0.1) is 23.6 Å². The molecule has 0 N–H and O–H groups in total. The van der Waals surface area contributed by atoms with Crippen molar-refractivity contribution in [1.29, 1.82) is 0 Å². The first-order valence-electron chi connectivity index (χ1n) is 12.7. The molecule has 0 radical (unpaired) electrons. The summed E-state index contributed by atoms with van der Waals surface area (Å²) in [4.78, 5) is 29.8. The Labute approximate surface area is 217 Å². The van der Waals surface area contributed by atoms with E-state index in [2.05, 4.69) is 32.0 Å². The number of carbonyl (C=O) groups excluding carboxylic acids is 2. The van der Waals surface area contributed by atoms with Crippen LogP contribution in [0.15, 0.2) is 77.5 Å². The Bertz CT molecular complexity index is 1390. The molecule has 0 aliphatic carbocycles. The molecule has 5 rings (SSSR count). The van der Waals surface area contributed by atoms with Crippen LogP contribution in [0.1, 0.15) is 40.1 Å². The van der Waals surface area contributed by atoms with E-state index in [1.54, 1.807) is 21.9 Å². The molecule has 2 aromatic carbocycles. The van der Waals surface area contributed by atoms with Gasteiger partial charge in [0.25, 0.3) is 5.91 Å². The number of aryl methyl sites for hydroxylation is 2. The number of aromatic nitrogens is 2. The first kappa shape index (κ1) is 24.6. The maximum Gasteiger partial charge on any atom is 0.289 e. The lowest BCUT2D eigenvalue weighted by atomic mass is 9.96. The van der Waals surface area contributed by atoms with Crippen molar-refractivity contribution >= 4 is 11.8 Å². The highest BCUT2D eigenvalue weighted by Gasteiger charge is 2.32. The number of hydrogen-bond donors (Lipinski definition) is 0. The summed E-state index contributed by atoms with van der Waals surface area (Å²) in [5.41, 5.74) is 6.26. The molecule has 1 unspecified atom stereocenters. The summed E-state index contributed by atoms with van der Waals surface area (Å²) in [5, 5.41) is 4.93. The SMILES string of the molecule is Cc1ccc(-c2nn(-c3ccccc3)cc2CN(C)C(=O)C2CCCN(C(=O)c3ccco3)C2)cc1C. The Kier molecular flexibility index (Phi) is 6.95. The van der Waals surface area contributed by atoms with Crippen LogP contribution >= 0.6 is 0 Å². The van der Waals surface area contributed by atoms with Gasteiger partial charge in [-0.2, -0.15) is 5.10 Å². The molecular weight excluding hydrogens is 464 g/mol. The number of rotatable bonds is 6. The van der Waals surface area contributed by atoms with Gasteiger partial charge in [0.1, 0.15) is 0 Å². The highest BCUT2D eigenvalue weighted by molar-refractivity contribution is 5.92. The Hall–Kier alpha value is -4.13. The minimum Gasteiger partial charge on any atom is -0.459 e. The molecule has 1 atom stereocenters. The fourth-order valence-corrected chi connectivity index (χ4v) is 4.93. The van der Waals surface area contributed by atoms with Crippen LogP contribution < -0.4 is 0 Å². The van der Waals surface area contributed by atoms with Crippen LogP contribution in [-0.4, -0.2) is 51.5 Å². The minimum atomic E-state index is -0.244. The van der Waals surface area contributed by atoms with Crippen LogP contribution in [0.5, 0.6) is 0 Å². The molecule has 190 valence electrons. The Morgan fingerprint density at radius 3 is 2.59 bits per heavy atom. The third-order valence-corrected chi connectivity index (χ3v) is 7.16. The Morgan fingerprint density at radius 2 is 1.86 bits per heavy atom. The van der Waals surface area contributed by atoms with Crippen molar-refractivity contribution < 1.29 is 14.0 Å². The van der Waals surface area contributed by atoms with Gasteiger partial charge >= 0.3 is 0 Å². The van der Waals surface area contributed by atoms with Crippen LogP contribution in [0, 0.1) is 19.8 Å². The molecule has 1 aliphatic heterocycles. The van der Waals surface area contributed by atoms with E-state index >= 15 is 0 Å². The average Bonchev–Trinajstić information content (AvgIpc) is 3.61.